The molecule has 0 saturated carbocycles. The molecular formula is C17H19NO5S. The van der Waals surface area contributed by atoms with Gasteiger partial charge >= 0.3 is 5.63 Å². The van der Waals surface area contributed by atoms with Gasteiger partial charge in [-0.25, -0.2) is 13.2 Å². The van der Waals surface area contributed by atoms with Crippen LogP contribution in [0, 0.1) is 6.92 Å². The SMILES string of the molecule is CCc1ccc(S(=O)(=O)N2CC(Oc3cc(C)oc(=O)c3)C2)cc1. The molecule has 1 saturated heterocycles. The van der Waals surface area contributed by atoms with Crippen LogP contribution in [0.25, 0.3) is 0 Å². The van der Waals surface area contributed by atoms with E-state index in [1.165, 1.54) is 10.4 Å². The zero-order valence-corrected chi connectivity index (χ0v) is 14.4. The largest absolute Gasteiger partial charge is 0.487 e. The van der Waals surface area contributed by atoms with Crippen LogP contribution in [-0.4, -0.2) is 31.9 Å². The Kier molecular flexibility index (Phi) is 4.47. The van der Waals surface area contributed by atoms with Gasteiger partial charge in [-0.3, -0.25) is 0 Å². The second-order valence-corrected chi connectivity index (χ2v) is 7.72. The molecule has 0 atom stereocenters. The molecule has 2 aromatic rings. The summed E-state index contributed by atoms with van der Waals surface area (Å²) in [4.78, 5) is 11.6. The van der Waals surface area contributed by atoms with Crippen molar-refractivity contribution in [3.8, 4) is 5.75 Å². The number of benzene rings is 1. The van der Waals surface area contributed by atoms with Gasteiger partial charge in [0.15, 0.2) is 0 Å². The van der Waals surface area contributed by atoms with E-state index in [1.54, 1.807) is 25.1 Å². The summed E-state index contributed by atoms with van der Waals surface area (Å²) in [7, 11) is -3.50. The molecule has 1 aliphatic heterocycles. The van der Waals surface area contributed by atoms with Crippen molar-refractivity contribution < 1.29 is 17.6 Å². The summed E-state index contributed by atoms with van der Waals surface area (Å²) in [5, 5.41) is 0. The minimum absolute atomic E-state index is 0.261. The van der Waals surface area contributed by atoms with Crippen LogP contribution in [0.1, 0.15) is 18.2 Å². The molecule has 7 heteroatoms. The van der Waals surface area contributed by atoms with Crippen LogP contribution in [0.5, 0.6) is 5.75 Å². The van der Waals surface area contributed by atoms with Gasteiger partial charge in [0.1, 0.15) is 17.6 Å². The Bertz CT molecular complexity index is 880. The van der Waals surface area contributed by atoms with Crippen molar-refractivity contribution in [2.24, 2.45) is 0 Å². The highest BCUT2D eigenvalue weighted by Gasteiger charge is 2.38. The lowest BCUT2D eigenvalue weighted by molar-refractivity contribution is 0.0754. The van der Waals surface area contributed by atoms with Crippen LogP contribution in [0.15, 0.2) is 50.5 Å². The number of aryl methyl sites for hydroxylation is 2. The summed E-state index contributed by atoms with van der Waals surface area (Å²) < 4.78 is 36.9. The van der Waals surface area contributed by atoms with Gasteiger partial charge in [-0.05, 0) is 31.0 Å². The van der Waals surface area contributed by atoms with Crippen molar-refractivity contribution in [1.29, 1.82) is 0 Å². The third kappa shape index (κ3) is 3.37. The summed E-state index contributed by atoms with van der Waals surface area (Å²) >= 11 is 0. The summed E-state index contributed by atoms with van der Waals surface area (Å²) in [6, 6.07) is 9.79. The molecular weight excluding hydrogens is 330 g/mol. The maximum atomic E-state index is 12.5. The first-order chi connectivity index (χ1) is 11.4. The minimum Gasteiger partial charge on any atom is -0.487 e. The van der Waals surface area contributed by atoms with E-state index in [4.69, 9.17) is 9.15 Å². The lowest BCUT2D eigenvalue weighted by Gasteiger charge is -2.37. The molecule has 0 aliphatic carbocycles. The Morgan fingerprint density at radius 3 is 2.46 bits per heavy atom. The molecule has 0 amide bonds. The van der Waals surface area contributed by atoms with Gasteiger partial charge in [-0.15, -0.1) is 0 Å². The number of hydrogen-bond acceptors (Lipinski definition) is 5. The van der Waals surface area contributed by atoms with Crippen molar-refractivity contribution in [1.82, 2.24) is 4.31 Å². The van der Waals surface area contributed by atoms with E-state index in [1.807, 2.05) is 19.1 Å². The Hall–Kier alpha value is -2.12. The standard InChI is InChI=1S/C17H19NO5S/c1-3-13-4-6-16(7-5-13)24(20,21)18-10-15(11-18)23-14-8-12(2)22-17(19)9-14/h4-9,15H,3,10-11H2,1-2H3. The number of nitrogens with zero attached hydrogens (tertiary/aromatic N) is 1. The summed E-state index contributed by atoms with van der Waals surface area (Å²) in [5.74, 6) is 0.857. The molecule has 0 spiro atoms. The fourth-order valence-electron chi connectivity index (χ4n) is 2.55. The van der Waals surface area contributed by atoms with E-state index in [9.17, 15) is 13.2 Å². The molecule has 0 N–H and O–H groups in total. The van der Waals surface area contributed by atoms with Gasteiger partial charge < -0.3 is 9.15 Å². The average molecular weight is 349 g/mol. The number of sulfonamides is 1. The van der Waals surface area contributed by atoms with E-state index in [0.717, 1.165) is 12.0 Å². The first-order valence-electron chi connectivity index (χ1n) is 7.76. The average Bonchev–Trinajstić information content (AvgIpc) is 2.49. The van der Waals surface area contributed by atoms with Crippen LogP contribution < -0.4 is 10.4 Å². The predicted octanol–water partition coefficient (Wildman–Crippen LogP) is 1.96. The zero-order valence-electron chi connectivity index (χ0n) is 13.6. The van der Waals surface area contributed by atoms with Gasteiger partial charge in [-0.2, -0.15) is 4.31 Å². The summed E-state index contributed by atoms with van der Waals surface area (Å²) in [6.45, 7) is 4.20. The first kappa shape index (κ1) is 16.7. The van der Waals surface area contributed by atoms with Gasteiger partial charge in [-0.1, -0.05) is 19.1 Å². The van der Waals surface area contributed by atoms with Gasteiger partial charge in [0.25, 0.3) is 0 Å². The molecule has 2 heterocycles. The van der Waals surface area contributed by atoms with Gasteiger partial charge in [0.05, 0.1) is 24.1 Å². The van der Waals surface area contributed by atoms with Crippen molar-refractivity contribution in [2.75, 3.05) is 13.1 Å². The second kappa shape index (κ2) is 6.41. The molecule has 1 aromatic heterocycles. The van der Waals surface area contributed by atoms with E-state index in [-0.39, 0.29) is 24.1 Å². The smallest absolute Gasteiger partial charge is 0.339 e. The Morgan fingerprint density at radius 2 is 1.88 bits per heavy atom. The third-order valence-corrected chi connectivity index (χ3v) is 5.80. The molecule has 1 aliphatic rings. The fourth-order valence-corrected chi connectivity index (χ4v) is 4.06. The maximum Gasteiger partial charge on any atom is 0.339 e. The van der Waals surface area contributed by atoms with Crippen molar-refractivity contribution in [3.63, 3.8) is 0 Å². The zero-order chi connectivity index (χ0) is 17.3. The van der Waals surface area contributed by atoms with Crippen LogP contribution in [0.3, 0.4) is 0 Å². The molecule has 1 aromatic carbocycles. The molecule has 0 radical (unpaired) electrons. The molecule has 24 heavy (non-hydrogen) atoms. The lowest BCUT2D eigenvalue weighted by atomic mass is 10.2. The van der Waals surface area contributed by atoms with E-state index in [0.29, 0.717) is 11.5 Å². The fraction of sp³-hybridized carbons (Fsp3) is 0.353. The van der Waals surface area contributed by atoms with Crippen molar-refractivity contribution in [2.45, 2.75) is 31.3 Å². The molecule has 0 bridgehead atoms. The monoisotopic (exact) mass is 349 g/mol. The summed E-state index contributed by atoms with van der Waals surface area (Å²) in [6.07, 6.45) is 0.598. The molecule has 0 unspecified atom stereocenters. The van der Waals surface area contributed by atoms with Crippen LogP contribution in [0.4, 0.5) is 0 Å². The van der Waals surface area contributed by atoms with Gasteiger partial charge in [0, 0.05) is 6.07 Å². The lowest BCUT2D eigenvalue weighted by Crippen LogP contribution is -2.55. The van der Waals surface area contributed by atoms with Crippen LogP contribution >= 0.6 is 0 Å². The number of rotatable bonds is 5. The Labute approximate surface area is 140 Å². The molecule has 1 fully saturated rings. The quantitative estimate of drug-likeness (QED) is 0.825. The Morgan fingerprint density at radius 1 is 1.21 bits per heavy atom. The minimum atomic E-state index is -3.50. The highest BCUT2D eigenvalue weighted by Crippen LogP contribution is 2.25. The first-order valence-corrected chi connectivity index (χ1v) is 9.20. The molecule has 3 rings (SSSR count). The normalized spacial score (nSPS) is 15.9. The predicted molar refractivity (Wildman–Crippen MR) is 88.7 cm³/mol. The van der Waals surface area contributed by atoms with Crippen LogP contribution in [0.2, 0.25) is 0 Å². The maximum absolute atomic E-state index is 12.5. The second-order valence-electron chi connectivity index (χ2n) is 5.78. The van der Waals surface area contributed by atoms with Crippen LogP contribution in [-0.2, 0) is 16.4 Å². The van der Waals surface area contributed by atoms with E-state index >= 15 is 0 Å². The van der Waals surface area contributed by atoms with Crippen molar-refractivity contribution in [3.05, 3.63) is 58.1 Å². The third-order valence-electron chi connectivity index (χ3n) is 3.95. The van der Waals surface area contributed by atoms with Crippen molar-refractivity contribution >= 4 is 10.0 Å². The van der Waals surface area contributed by atoms with E-state index in [2.05, 4.69) is 0 Å². The molecule has 128 valence electrons. The Balaban J connectivity index is 1.65. The molecule has 6 nitrogen and oxygen atoms in total. The van der Waals surface area contributed by atoms with E-state index < -0.39 is 15.6 Å². The number of ether oxygens (including phenoxy) is 1. The summed E-state index contributed by atoms with van der Waals surface area (Å²) in [5.41, 5.74) is 0.613. The highest BCUT2D eigenvalue weighted by molar-refractivity contribution is 7.89. The van der Waals surface area contributed by atoms with Gasteiger partial charge in [0.2, 0.25) is 10.0 Å². The highest BCUT2D eigenvalue weighted by atomic mass is 32.2. The topological polar surface area (TPSA) is 76.8 Å². The number of hydrogen-bond donors (Lipinski definition) is 0.